The topological polar surface area (TPSA) is 24.4 Å². The number of rotatable bonds is 2. The van der Waals surface area contributed by atoms with Crippen LogP contribution < -0.4 is 5.32 Å². The summed E-state index contributed by atoms with van der Waals surface area (Å²) in [6.07, 6.45) is 1.17. The minimum absolute atomic E-state index is 0.200. The van der Waals surface area contributed by atoms with Gasteiger partial charge in [0.15, 0.2) is 5.17 Å². The Balaban J connectivity index is 1.97. The Hall–Kier alpha value is -1.03. The molecule has 0 amide bonds. The lowest BCUT2D eigenvalue weighted by atomic mass is 10.2. The van der Waals surface area contributed by atoms with Crippen molar-refractivity contribution in [1.82, 2.24) is 5.32 Å². The van der Waals surface area contributed by atoms with Gasteiger partial charge in [0.1, 0.15) is 5.82 Å². The lowest BCUT2D eigenvalue weighted by molar-refractivity contribution is 0.597. The molecule has 17 heavy (non-hydrogen) atoms. The quantitative estimate of drug-likeness (QED) is 0.874. The van der Waals surface area contributed by atoms with Crippen molar-refractivity contribution in [2.45, 2.75) is 38.1 Å². The molecule has 2 rings (SSSR count). The summed E-state index contributed by atoms with van der Waals surface area (Å²) in [6.45, 7) is 4.99. The van der Waals surface area contributed by atoms with Crippen molar-refractivity contribution >= 4 is 16.9 Å². The molecule has 2 unspecified atom stereocenters. The zero-order valence-corrected chi connectivity index (χ0v) is 10.9. The molecule has 0 aromatic heterocycles. The summed E-state index contributed by atoms with van der Waals surface area (Å²) in [4.78, 5) is 4.53. The standard InChI is InChI=1S/C13H17FN2S/c1-9-7-10(2)17-13(16-9)15-8-11-3-5-12(14)6-4-11/h3-6,9-10H,7-8H2,1-2H3,(H,15,16). The third-order valence-electron chi connectivity index (χ3n) is 2.69. The fourth-order valence-electron chi connectivity index (χ4n) is 1.88. The third-order valence-corrected chi connectivity index (χ3v) is 3.75. The van der Waals surface area contributed by atoms with Crippen LogP contribution in [0.1, 0.15) is 25.8 Å². The fourth-order valence-corrected chi connectivity index (χ4v) is 3.05. The molecule has 1 aromatic carbocycles. The van der Waals surface area contributed by atoms with Gasteiger partial charge in [-0.15, -0.1) is 0 Å². The highest BCUT2D eigenvalue weighted by molar-refractivity contribution is 8.14. The van der Waals surface area contributed by atoms with Gasteiger partial charge in [-0.25, -0.2) is 4.39 Å². The van der Waals surface area contributed by atoms with Gasteiger partial charge in [0.25, 0.3) is 0 Å². The minimum Gasteiger partial charge on any atom is -0.362 e. The van der Waals surface area contributed by atoms with Gasteiger partial charge in [-0.2, -0.15) is 0 Å². The van der Waals surface area contributed by atoms with Gasteiger partial charge in [0, 0.05) is 11.3 Å². The molecule has 1 aliphatic heterocycles. The Bertz CT molecular complexity index is 390. The molecular formula is C13H17FN2S. The molecule has 4 heteroatoms. The van der Waals surface area contributed by atoms with E-state index in [-0.39, 0.29) is 5.82 Å². The van der Waals surface area contributed by atoms with Gasteiger partial charge in [-0.1, -0.05) is 30.8 Å². The number of amidine groups is 1. The summed E-state index contributed by atoms with van der Waals surface area (Å²) >= 11 is 1.78. The van der Waals surface area contributed by atoms with Gasteiger partial charge in [0.05, 0.1) is 6.54 Å². The highest BCUT2D eigenvalue weighted by Crippen LogP contribution is 2.22. The maximum atomic E-state index is 12.7. The monoisotopic (exact) mass is 252 g/mol. The number of halogens is 1. The largest absolute Gasteiger partial charge is 0.362 e. The van der Waals surface area contributed by atoms with Crippen LogP contribution in [0.5, 0.6) is 0 Å². The van der Waals surface area contributed by atoms with Gasteiger partial charge in [0.2, 0.25) is 0 Å². The van der Waals surface area contributed by atoms with E-state index in [4.69, 9.17) is 0 Å². The van der Waals surface area contributed by atoms with Gasteiger partial charge in [-0.05, 0) is 31.0 Å². The van der Waals surface area contributed by atoms with Crippen molar-refractivity contribution < 1.29 is 4.39 Å². The Morgan fingerprint density at radius 1 is 1.35 bits per heavy atom. The second kappa shape index (κ2) is 5.54. The first-order valence-electron chi connectivity index (χ1n) is 5.85. The molecular weight excluding hydrogens is 235 g/mol. The predicted molar refractivity (Wildman–Crippen MR) is 71.8 cm³/mol. The number of nitrogens with one attached hydrogen (secondary N) is 1. The Labute approximate surface area is 106 Å². The lowest BCUT2D eigenvalue weighted by Crippen LogP contribution is -2.38. The number of thioether (sulfide) groups is 1. The average molecular weight is 252 g/mol. The first-order chi connectivity index (χ1) is 8.13. The van der Waals surface area contributed by atoms with Crippen molar-refractivity contribution in [3.63, 3.8) is 0 Å². The summed E-state index contributed by atoms with van der Waals surface area (Å²) in [7, 11) is 0. The maximum Gasteiger partial charge on any atom is 0.157 e. The van der Waals surface area contributed by atoms with Crippen molar-refractivity contribution in [1.29, 1.82) is 0 Å². The van der Waals surface area contributed by atoms with E-state index in [0.29, 0.717) is 17.8 Å². The molecule has 0 radical (unpaired) electrons. The van der Waals surface area contributed by atoms with E-state index in [2.05, 4.69) is 24.2 Å². The van der Waals surface area contributed by atoms with Crippen LogP contribution in [0.4, 0.5) is 4.39 Å². The van der Waals surface area contributed by atoms with E-state index < -0.39 is 0 Å². The molecule has 1 saturated heterocycles. The summed E-state index contributed by atoms with van der Waals surface area (Å²) in [5.41, 5.74) is 1.03. The summed E-state index contributed by atoms with van der Waals surface area (Å²) in [5, 5.41) is 4.98. The molecule has 1 heterocycles. The minimum atomic E-state index is -0.200. The van der Waals surface area contributed by atoms with E-state index in [1.54, 1.807) is 23.9 Å². The molecule has 2 atom stereocenters. The van der Waals surface area contributed by atoms with Gasteiger partial charge in [-0.3, -0.25) is 4.99 Å². The van der Waals surface area contributed by atoms with E-state index in [9.17, 15) is 4.39 Å². The molecule has 1 N–H and O–H groups in total. The van der Waals surface area contributed by atoms with E-state index in [0.717, 1.165) is 10.7 Å². The van der Waals surface area contributed by atoms with Crippen molar-refractivity contribution in [3.8, 4) is 0 Å². The van der Waals surface area contributed by atoms with Crippen molar-refractivity contribution in [2.75, 3.05) is 0 Å². The summed E-state index contributed by atoms with van der Waals surface area (Å²) in [5.74, 6) is -0.200. The number of hydrogen-bond donors (Lipinski definition) is 1. The van der Waals surface area contributed by atoms with Crippen LogP contribution in [0.15, 0.2) is 29.3 Å². The molecule has 1 aliphatic rings. The lowest BCUT2D eigenvalue weighted by Gasteiger charge is -2.26. The highest BCUT2D eigenvalue weighted by Gasteiger charge is 2.19. The normalized spacial score (nSPS) is 26.9. The first-order valence-corrected chi connectivity index (χ1v) is 6.73. The molecule has 92 valence electrons. The zero-order chi connectivity index (χ0) is 12.3. The summed E-state index contributed by atoms with van der Waals surface area (Å²) < 4.78 is 12.7. The molecule has 0 aliphatic carbocycles. The SMILES string of the molecule is CC1CC(C)SC(=NCc2ccc(F)cc2)N1. The Morgan fingerprint density at radius 3 is 2.71 bits per heavy atom. The van der Waals surface area contributed by atoms with E-state index in [1.807, 2.05) is 0 Å². The number of aliphatic imine (C=N–C) groups is 1. The van der Waals surface area contributed by atoms with Crippen molar-refractivity contribution in [2.24, 2.45) is 4.99 Å². The average Bonchev–Trinajstić information content (AvgIpc) is 2.27. The maximum absolute atomic E-state index is 12.7. The Morgan fingerprint density at radius 2 is 2.06 bits per heavy atom. The van der Waals surface area contributed by atoms with Gasteiger partial charge >= 0.3 is 0 Å². The second-order valence-corrected chi connectivity index (χ2v) is 5.88. The third kappa shape index (κ3) is 3.73. The number of hydrogen-bond acceptors (Lipinski definition) is 2. The van der Waals surface area contributed by atoms with Crippen LogP contribution in [-0.2, 0) is 6.54 Å². The van der Waals surface area contributed by atoms with Crippen molar-refractivity contribution in [3.05, 3.63) is 35.6 Å². The number of benzene rings is 1. The van der Waals surface area contributed by atoms with Crippen LogP contribution >= 0.6 is 11.8 Å². The summed E-state index contributed by atoms with van der Waals surface area (Å²) in [6, 6.07) is 6.99. The van der Waals surface area contributed by atoms with Gasteiger partial charge < -0.3 is 5.32 Å². The predicted octanol–water partition coefficient (Wildman–Crippen LogP) is 3.19. The van der Waals surface area contributed by atoms with Crippen LogP contribution in [0.25, 0.3) is 0 Å². The molecule has 1 aromatic rings. The second-order valence-electron chi connectivity index (χ2n) is 4.46. The Kier molecular flexibility index (Phi) is 4.05. The molecule has 0 saturated carbocycles. The van der Waals surface area contributed by atoms with Crippen LogP contribution in [-0.4, -0.2) is 16.5 Å². The van der Waals surface area contributed by atoms with Crippen LogP contribution in [0, 0.1) is 5.82 Å². The highest BCUT2D eigenvalue weighted by atomic mass is 32.2. The fraction of sp³-hybridized carbons (Fsp3) is 0.462. The van der Waals surface area contributed by atoms with E-state index >= 15 is 0 Å². The van der Waals surface area contributed by atoms with Crippen LogP contribution in [0.3, 0.4) is 0 Å². The smallest absolute Gasteiger partial charge is 0.157 e. The first kappa shape index (κ1) is 12.4. The molecule has 1 fully saturated rings. The van der Waals surface area contributed by atoms with Crippen LogP contribution in [0.2, 0.25) is 0 Å². The molecule has 0 bridgehead atoms. The zero-order valence-electron chi connectivity index (χ0n) is 10.1. The molecule has 2 nitrogen and oxygen atoms in total. The van der Waals surface area contributed by atoms with E-state index in [1.165, 1.54) is 18.6 Å². The number of nitrogens with zero attached hydrogens (tertiary/aromatic N) is 1. The molecule has 0 spiro atoms.